The van der Waals surface area contributed by atoms with Crippen molar-refractivity contribution in [1.82, 2.24) is 0 Å². The Morgan fingerprint density at radius 1 is 0.733 bits per heavy atom. The van der Waals surface area contributed by atoms with Gasteiger partial charge in [0.1, 0.15) is 17.0 Å². The molecule has 1 heterocycles. The first-order valence-electron chi connectivity index (χ1n) is 9.12. The molecule has 0 saturated heterocycles. The molecule has 1 aromatic heterocycles. The van der Waals surface area contributed by atoms with Crippen LogP contribution in [0.3, 0.4) is 0 Å². The highest BCUT2D eigenvalue weighted by Crippen LogP contribution is 2.32. The van der Waals surface area contributed by atoms with Gasteiger partial charge in [-0.25, -0.2) is 8.42 Å². The third-order valence-corrected chi connectivity index (χ3v) is 6.17. The Labute approximate surface area is 179 Å². The van der Waals surface area contributed by atoms with E-state index in [9.17, 15) is 13.2 Å². The second-order valence-corrected chi connectivity index (χ2v) is 9.28. The zero-order valence-corrected chi connectivity index (χ0v) is 17.6. The summed E-state index contributed by atoms with van der Waals surface area (Å²) in [5.74, 6) is 0.330. The zero-order valence-electron chi connectivity index (χ0n) is 16.0. The number of sulfone groups is 1. The first-order chi connectivity index (χ1) is 14.3. The summed E-state index contributed by atoms with van der Waals surface area (Å²) in [5.41, 5.74) is 3.31. The quantitative estimate of drug-likeness (QED) is 0.411. The van der Waals surface area contributed by atoms with E-state index >= 15 is 0 Å². The Balaban J connectivity index is 1.82. The maximum atomic E-state index is 12.9. The molecule has 0 aliphatic carbocycles. The van der Waals surface area contributed by atoms with Crippen molar-refractivity contribution in [3.63, 3.8) is 0 Å². The Kier molecular flexibility index (Phi) is 5.33. The van der Waals surface area contributed by atoms with E-state index < -0.39 is 9.84 Å². The van der Waals surface area contributed by atoms with Crippen LogP contribution >= 0.6 is 11.6 Å². The number of benzene rings is 3. The molecule has 4 aromatic rings. The van der Waals surface area contributed by atoms with Crippen LogP contribution in [0.2, 0.25) is 5.02 Å². The maximum Gasteiger partial charge on any atom is 0.211 e. The van der Waals surface area contributed by atoms with Gasteiger partial charge in [-0.1, -0.05) is 66.2 Å². The van der Waals surface area contributed by atoms with Crippen molar-refractivity contribution < 1.29 is 12.8 Å². The number of rotatable bonds is 4. The molecule has 0 aliphatic rings. The van der Waals surface area contributed by atoms with Gasteiger partial charge in [-0.2, -0.15) is 0 Å². The Hall–Kier alpha value is -3.15. The van der Waals surface area contributed by atoms with Gasteiger partial charge in [-0.15, -0.1) is 0 Å². The average molecular weight is 437 g/mol. The molecule has 6 heteroatoms. The zero-order chi connectivity index (χ0) is 21.3. The van der Waals surface area contributed by atoms with Crippen LogP contribution in [-0.4, -0.2) is 14.7 Å². The molecule has 0 bridgehead atoms. The van der Waals surface area contributed by atoms with Gasteiger partial charge in [0.2, 0.25) is 5.43 Å². The fourth-order valence-corrected chi connectivity index (χ4v) is 4.00. The van der Waals surface area contributed by atoms with Crippen molar-refractivity contribution >= 4 is 21.4 Å². The van der Waals surface area contributed by atoms with Gasteiger partial charge in [0.25, 0.3) is 0 Å². The lowest BCUT2D eigenvalue weighted by atomic mass is 9.97. The van der Waals surface area contributed by atoms with Gasteiger partial charge in [0.15, 0.2) is 9.84 Å². The summed E-state index contributed by atoms with van der Waals surface area (Å²) in [6.07, 6.45) is 2.34. The molecule has 0 radical (unpaired) electrons. The van der Waals surface area contributed by atoms with E-state index in [1.165, 1.54) is 18.4 Å². The van der Waals surface area contributed by atoms with Crippen LogP contribution < -0.4 is 5.43 Å². The Morgan fingerprint density at radius 3 is 1.87 bits per heavy atom. The van der Waals surface area contributed by atoms with E-state index in [0.717, 1.165) is 17.4 Å². The van der Waals surface area contributed by atoms with Gasteiger partial charge >= 0.3 is 0 Å². The molecule has 3 aromatic carbocycles. The minimum Gasteiger partial charge on any atom is -0.462 e. The van der Waals surface area contributed by atoms with Crippen molar-refractivity contribution in [1.29, 1.82) is 0 Å². The van der Waals surface area contributed by atoms with Gasteiger partial charge in [0, 0.05) is 11.8 Å². The summed E-state index contributed by atoms with van der Waals surface area (Å²) in [5, 5.41) is -0.0198. The van der Waals surface area contributed by atoms with Crippen molar-refractivity contribution in [2.75, 3.05) is 6.26 Å². The van der Waals surface area contributed by atoms with Crippen molar-refractivity contribution in [2.24, 2.45) is 0 Å². The highest BCUT2D eigenvalue weighted by Gasteiger charge is 2.18. The molecule has 0 aliphatic heterocycles. The fraction of sp³-hybridized carbons (Fsp3) is 0.0417. The minimum atomic E-state index is -3.32. The number of hydrogen-bond acceptors (Lipinski definition) is 4. The summed E-state index contributed by atoms with van der Waals surface area (Å²) in [7, 11) is -3.32. The smallest absolute Gasteiger partial charge is 0.211 e. The lowest BCUT2D eigenvalue weighted by molar-refractivity contribution is 0.566. The molecule has 0 unspecified atom stereocenters. The molecule has 30 heavy (non-hydrogen) atoms. The maximum absolute atomic E-state index is 12.9. The second-order valence-electron chi connectivity index (χ2n) is 6.86. The third kappa shape index (κ3) is 3.95. The molecule has 0 N–H and O–H groups in total. The monoisotopic (exact) mass is 436 g/mol. The van der Waals surface area contributed by atoms with Gasteiger partial charge in [-0.3, -0.25) is 4.79 Å². The fourth-order valence-electron chi connectivity index (χ4n) is 3.23. The van der Waals surface area contributed by atoms with Gasteiger partial charge < -0.3 is 4.42 Å². The highest BCUT2D eigenvalue weighted by molar-refractivity contribution is 7.90. The van der Waals surface area contributed by atoms with Crippen LogP contribution in [0.25, 0.3) is 33.6 Å². The van der Waals surface area contributed by atoms with Crippen LogP contribution in [0, 0.1) is 0 Å². The van der Waals surface area contributed by atoms with E-state index in [4.69, 9.17) is 16.0 Å². The third-order valence-electron chi connectivity index (χ3n) is 4.78. The molecule has 4 rings (SSSR count). The minimum absolute atomic E-state index is 0.0198. The molecular weight excluding hydrogens is 420 g/mol. The van der Waals surface area contributed by atoms with E-state index in [-0.39, 0.29) is 15.3 Å². The van der Waals surface area contributed by atoms with Crippen molar-refractivity contribution in [3.8, 4) is 33.6 Å². The van der Waals surface area contributed by atoms with E-state index in [2.05, 4.69) is 0 Å². The van der Waals surface area contributed by atoms with Gasteiger partial charge in [0.05, 0.1) is 10.5 Å². The van der Waals surface area contributed by atoms with Crippen LogP contribution in [0.4, 0.5) is 0 Å². The summed E-state index contributed by atoms with van der Waals surface area (Å²) < 4.78 is 29.1. The summed E-state index contributed by atoms with van der Waals surface area (Å²) >= 11 is 6.05. The molecule has 0 amide bonds. The number of hydrogen-bond donors (Lipinski definition) is 0. The molecule has 0 saturated carbocycles. The summed E-state index contributed by atoms with van der Waals surface area (Å²) in [6, 6.07) is 23.7. The average Bonchev–Trinajstić information content (AvgIpc) is 2.76. The lowest BCUT2D eigenvalue weighted by Gasteiger charge is -2.10. The molecule has 4 nitrogen and oxygen atoms in total. The Morgan fingerprint density at radius 2 is 1.27 bits per heavy atom. The molecular formula is C24H17ClO4S. The predicted octanol–water partition coefficient (Wildman–Crippen LogP) is 5.70. The highest BCUT2D eigenvalue weighted by atomic mass is 35.5. The topological polar surface area (TPSA) is 64.3 Å². The normalized spacial score (nSPS) is 11.4. The standard InChI is InChI=1S/C24H17ClO4S/c1-30(27,28)20-13-11-19(12-14-20)24-22(23(26)21(25)15-29-24)18-9-7-17(8-10-18)16-5-3-2-4-6-16/h2-15H,1H3. The van der Waals surface area contributed by atoms with Crippen LogP contribution in [0.5, 0.6) is 0 Å². The summed E-state index contributed by atoms with van der Waals surface area (Å²) in [4.78, 5) is 13.0. The lowest BCUT2D eigenvalue weighted by Crippen LogP contribution is -2.07. The molecule has 0 spiro atoms. The van der Waals surface area contributed by atoms with E-state index in [1.54, 1.807) is 12.1 Å². The molecule has 150 valence electrons. The number of halogens is 1. The molecule has 0 fully saturated rings. The largest absolute Gasteiger partial charge is 0.462 e. The van der Waals surface area contributed by atoms with E-state index in [1.807, 2.05) is 54.6 Å². The first-order valence-corrected chi connectivity index (χ1v) is 11.4. The van der Waals surface area contributed by atoms with E-state index in [0.29, 0.717) is 22.5 Å². The summed E-state index contributed by atoms with van der Waals surface area (Å²) in [6.45, 7) is 0. The van der Waals surface area contributed by atoms with Crippen molar-refractivity contribution in [3.05, 3.63) is 100 Å². The van der Waals surface area contributed by atoms with Crippen LogP contribution in [0.1, 0.15) is 0 Å². The van der Waals surface area contributed by atoms with Crippen molar-refractivity contribution in [2.45, 2.75) is 4.90 Å². The Bertz CT molecular complexity index is 1360. The van der Waals surface area contributed by atoms with Crippen LogP contribution in [0.15, 0.2) is 99.2 Å². The predicted molar refractivity (Wildman–Crippen MR) is 119 cm³/mol. The first kappa shape index (κ1) is 20.1. The second kappa shape index (κ2) is 7.94. The van der Waals surface area contributed by atoms with Gasteiger partial charge in [-0.05, 0) is 41.0 Å². The SMILES string of the molecule is CS(=O)(=O)c1ccc(-c2occ(Cl)c(=O)c2-c2ccc(-c3ccccc3)cc2)cc1. The molecule has 0 atom stereocenters. The van der Waals surface area contributed by atoms with Crippen LogP contribution in [-0.2, 0) is 9.84 Å².